The zero-order chi connectivity index (χ0) is 8.72. The number of esters is 1. The van der Waals surface area contributed by atoms with Gasteiger partial charge in [0.15, 0.2) is 0 Å². The van der Waals surface area contributed by atoms with Crippen LogP contribution < -0.4 is 0 Å². The molecule has 1 N–H and O–H groups in total. The first-order valence-corrected chi connectivity index (χ1v) is 4.54. The molecule has 68 valence electrons. The Morgan fingerprint density at radius 3 is 2.58 bits per heavy atom. The molecule has 0 heterocycles. The first-order valence-electron chi connectivity index (χ1n) is 4.54. The zero-order valence-corrected chi connectivity index (χ0v) is 7.19. The van der Waals surface area contributed by atoms with Gasteiger partial charge in [-0.05, 0) is 31.1 Å². The first kappa shape index (κ1) is 8.05. The smallest absolute Gasteiger partial charge is 0.303 e. The highest BCUT2D eigenvalue weighted by molar-refractivity contribution is 5.66. The van der Waals surface area contributed by atoms with Crippen molar-refractivity contribution in [3.05, 3.63) is 0 Å². The van der Waals surface area contributed by atoms with Crippen LogP contribution in [-0.4, -0.2) is 23.3 Å². The lowest BCUT2D eigenvalue weighted by Gasteiger charge is -2.26. The van der Waals surface area contributed by atoms with Crippen LogP contribution >= 0.6 is 0 Å². The summed E-state index contributed by atoms with van der Waals surface area (Å²) < 4.78 is 5.07. The molecule has 2 bridgehead atoms. The molecule has 0 aromatic carbocycles. The SMILES string of the molecule is CC(=O)O[C@H]1[C@H]2CC[C@@H](C2)[C@H]1O. The van der Waals surface area contributed by atoms with Gasteiger partial charge in [-0.3, -0.25) is 4.79 Å². The molecule has 0 unspecified atom stereocenters. The second-order valence-corrected chi connectivity index (χ2v) is 3.90. The minimum Gasteiger partial charge on any atom is -0.459 e. The summed E-state index contributed by atoms with van der Waals surface area (Å²) in [6, 6.07) is 0. The average Bonchev–Trinajstić information content (AvgIpc) is 2.53. The Balaban J connectivity index is 2.02. The molecule has 3 heteroatoms. The van der Waals surface area contributed by atoms with Gasteiger partial charge in [0.05, 0.1) is 6.10 Å². The molecule has 0 aromatic rings. The molecule has 0 radical (unpaired) electrons. The highest BCUT2D eigenvalue weighted by Crippen LogP contribution is 2.45. The van der Waals surface area contributed by atoms with Crippen LogP contribution in [-0.2, 0) is 9.53 Å². The molecule has 0 aliphatic heterocycles. The van der Waals surface area contributed by atoms with Crippen molar-refractivity contribution in [1.29, 1.82) is 0 Å². The molecule has 2 rings (SSSR count). The first-order chi connectivity index (χ1) is 5.68. The minimum atomic E-state index is -0.396. The molecule has 2 aliphatic carbocycles. The van der Waals surface area contributed by atoms with Crippen LogP contribution in [0.25, 0.3) is 0 Å². The third-order valence-electron chi connectivity index (χ3n) is 3.10. The molecule has 0 amide bonds. The summed E-state index contributed by atoms with van der Waals surface area (Å²) in [6.45, 7) is 1.40. The van der Waals surface area contributed by atoms with Crippen LogP contribution in [0.2, 0.25) is 0 Å². The molecule has 3 nitrogen and oxygen atoms in total. The van der Waals surface area contributed by atoms with Crippen molar-refractivity contribution in [2.45, 2.75) is 38.4 Å². The lowest BCUT2D eigenvalue weighted by Crippen LogP contribution is -2.35. The maximum atomic E-state index is 10.7. The number of hydrogen-bond acceptors (Lipinski definition) is 3. The Morgan fingerprint density at radius 1 is 1.42 bits per heavy atom. The molecule has 12 heavy (non-hydrogen) atoms. The van der Waals surface area contributed by atoms with E-state index in [-0.39, 0.29) is 12.1 Å². The Kier molecular flexibility index (Phi) is 1.83. The largest absolute Gasteiger partial charge is 0.459 e. The predicted octanol–water partition coefficient (Wildman–Crippen LogP) is 0.709. The van der Waals surface area contributed by atoms with E-state index in [4.69, 9.17) is 4.74 Å². The summed E-state index contributed by atoms with van der Waals surface area (Å²) in [6.07, 6.45) is 2.65. The Morgan fingerprint density at radius 2 is 2.08 bits per heavy atom. The minimum absolute atomic E-state index is 0.207. The normalized spacial score (nSPS) is 44.8. The molecular weight excluding hydrogens is 156 g/mol. The molecule has 0 spiro atoms. The number of carbonyl (C=O) groups excluding carboxylic acids is 1. The third kappa shape index (κ3) is 1.12. The second kappa shape index (κ2) is 2.73. The number of aliphatic hydroxyl groups is 1. The molecule has 0 saturated heterocycles. The van der Waals surface area contributed by atoms with E-state index in [2.05, 4.69) is 0 Å². The van der Waals surface area contributed by atoms with Gasteiger partial charge in [-0.1, -0.05) is 0 Å². The van der Waals surface area contributed by atoms with Crippen molar-refractivity contribution in [2.24, 2.45) is 11.8 Å². The fourth-order valence-corrected chi connectivity index (χ4v) is 2.57. The highest BCUT2D eigenvalue weighted by atomic mass is 16.6. The van der Waals surface area contributed by atoms with Gasteiger partial charge >= 0.3 is 5.97 Å². The third-order valence-corrected chi connectivity index (χ3v) is 3.10. The van der Waals surface area contributed by atoms with E-state index in [0.29, 0.717) is 11.8 Å². The van der Waals surface area contributed by atoms with Crippen molar-refractivity contribution in [3.8, 4) is 0 Å². The van der Waals surface area contributed by atoms with E-state index in [1.807, 2.05) is 0 Å². The highest BCUT2D eigenvalue weighted by Gasteiger charge is 2.48. The van der Waals surface area contributed by atoms with Crippen LogP contribution in [0.3, 0.4) is 0 Å². The quantitative estimate of drug-likeness (QED) is 0.589. The van der Waals surface area contributed by atoms with Crippen LogP contribution in [0.15, 0.2) is 0 Å². The van der Waals surface area contributed by atoms with E-state index in [1.54, 1.807) is 0 Å². The number of aliphatic hydroxyl groups excluding tert-OH is 1. The molecular formula is C9H14O3. The van der Waals surface area contributed by atoms with Crippen LogP contribution in [0.5, 0.6) is 0 Å². The van der Waals surface area contributed by atoms with Gasteiger partial charge < -0.3 is 9.84 Å². The van der Waals surface area contributed by atoms with E-state index < -0.39 is 6.10 Å². The maximum absolute atomic E-state index is 10.7. The summed E-state index contributed by atoms with van der Waals surface area (Å²) >= 11 is 0. The van der Waals surface area contributed by atoms with Gasteiger partial charge in [0, 0.05) is 6.92 Å². The molecule has 2 fully saturated rings. The topological polar surface area (TPSA) is 46.5 Å². The van der Waals surface area contributed by atoms with Gasteiger partial charge in [-0.15, -0.1) is 0 Å². The number of rotatable bonds is 1. The molecule has 2 aliphatic rings. The van der Waals surface area contributed by atoms with E-state index >= 15 is 0 Å². The fraction of sp³-hybridized carbons (Fsp3) is 0.889. The van der Waals surface area contributed by atoms with Crippen molar-refractivity contribution in [1.82, 2.24) is 0 Å². The van der Waals surface area contributed by atoms with E-state index in [0.717, 1.165) is 19.3 Å². The lowest BCUT2D eigenvalue weighted by molar-refractivity contribution is -0.155. The molecule has 4 atom stereocenters. The van der Waals surface area contributed by atoms with Crippen LogP contribution in [0, 0.1) is 11.8 Å². The summed E-state index contributed by atoms with van der Waals surface area (Å²) in [5.74, 6) is 0.542. The summed E-state index contributed by atoms with van der Waals surface area (Å²) in [7, 11) is 0. The summed E-state index contributed by atoms with van der Waals surface area (Å²) in [5.41, 5.74) is 0. The van der Waals surface area contributed by atoms with Crippen LogP contribution in [0.1, 0.15) is 26.2 Å². The summed E-state index contributed by atoms with van der Waals surface area (Å²) in [5, 5.41) is 9.65. The van der Waals surface area contributed by atoms with Crippen molar-refractivity contribution < 1.29 is 14.6 Å². The number of fused-ring (bicyclic) bond motifs is 2. The van der Waals surface area contributed by atoms with E-state index in [1.165, 1.54) is 6.92 Å². The van der Waals surface area contributed by atoms with Gasteiger partial charge in [0.2, 0.25) is 0 Å². The zero-order valence-electron chi connectivity index (χ0n) is 7.19. The Hall–Kier alpha value is -0.570. The Bertz CT molecular complexity index is 200. The lowest BCUT2D eigenvalue weighted by atomic mass is 9.95. The van der Waals surface area contributed by atoms with Crippen molar-refractivity contribution >= 4 is 5.97 Å². The number of carbonyl (C=O) groups is 1. The molecule has 2 saturated carbocycles. The number of hydrogen-bond donors (Lipinski definition) is 1. The van der Waals surface area contributed by atoms with Gasteiger partial charge in [-0.25, -0.2) is 0 Å². The van der Waals surface area contributed by atoms with Crippen LogP contribution in [0.4, 0.5) is 0 Å². The summed E-state index contributed by atoms with van der Waals surface area (Å²) in [4.78, 5) is 10.7. The van der Waals surface area contributed by atoms with E-state index in [9.17, 15) is 9.90 Å². The van der Waals surface area contributed by atoms with Gasteiger partial charge in [0.1, 0.15) is 6.10 Å². The van der Waals surface area contributed by atoms with Gasteiger partial charge in [-0.2, -0.15) is 0 Å². The van der Waals surface area contributed by atoms with Crippen molar-refractivity contribution in [3.63, 3.8) is 0 Å². The maximum Gasteiger partial charge on any atom is 0.303 e. The van der Waals surface area contributed by atoms with Gasteiger partial charge in [0.25, 0.3) is 0 Å². The predicted molar refractivity (Wildman–Crippen MR) is 42.4 cm³/mol. The van der Waals surface area contributed by atoms with Crippen molar-refractivity contribution in [2.75, 3.05) is 0 Å². The molecule has 0 aromatic heterocycles. The monoisotopic (exact) mass is 170 g/mol. The number of ether oxygens (including phenoxy) is 1. The average molecular weight is 170 g/mol. The standard InChI is InChI=1S/C9H14O3/c1-5(10)12-9-7-3-2-6(4-7)8(9)11/h6-9,11H,2-4H2,1H3/t6-,7-,8+,9-/m0/s1. The second-order valence-electron chi connectivity index (χ2n) is 3.90. The fourth-order valence-electron chi connectivity index (χ4n) is 2.57. The Labute approximate surface area is 71.7 Å².